The molecule has 0 fully saturated rings. The number of rotatable bonds is 2. The Hall–Kier alpha value is -1.53. The number of carbonyl (C=O) groups is 1. The predicted molar refractivity (Wildman–Crippen MR) is 81.3 cm³/mol. The van der Waals surface area contributed by atoms with Gasteiger partial charge in [-0.1, -0.05) is 15.9 Å². The second-order valence-corrected chi connectivity index (χ2v) is 6.94. The van der Waals surface area contributed by atoms with E-state index in [1.54, 1.807) is 26.0 Å². The molecule has 0 radical (unpaired) electrons. The average Bonchev–Trinajstić information content (AvgIpc) is 2.36. The third kappa shape index (κ3) is 3.13. The molecule has 1 aromatic carbocycles. The first-order chi connectivity index (χ1) is 9.29. The number of ketones is 1. The van der Waals surface area contributed by atoms with E-state index in [9.17, 15) is 13.2 Å². The number of benzene rings is 1. The molecule has 0 spiro atoms. The lowest BCUT2D eigenvalue weighted by Gasteiger charge is -2.09. The van der Waals surface area contributed by atoms with Crippen molar-refractivity contribution in [3.05, 3.63) is 52.0 Å². The molecular weight excluding hydrogens is 342 g/mol. The Morgan fingerprint density at radius 1 is 1.00 bits per heavy atom. The summed E-state index contributed by atoms with van der Waals surface area (Å²) in [5.41, 5.74) is 1.31. The summed E-state index contributed by atoms with van der Waals surface area (Å²) in [6, 6.07) is 6.24. The van der Waals surface area contributed by atoms with Crippen molar-refractivity contribution in [2.45, 2.75) is 18.7 Å². The molecule has 0 saturated carbocycles. The minimum atomic E-state index is -3.78. The lowest BCUT2D eigenvalue weighted by Crippen LogP contribution is -2.12. The van der Waals surface area contributed by atoms with Crippen LogP contribution in [0.5, 0.6) is 0 Å². The van der Waals surface area contributed by atoms with Crippen LogP contribution < -0.4 is 0 Å². The molecule has 0 aromatic heterocycles. The molecule has 20 heavy (non-hydrogen) atoms. The van der Waals surface area contributed by atoms with Crippen molar-refractivity contribution in [3.8, 4) is 0 Å². The smallest absolute Gasteiger partial charge is 0.282 e. The lowest BCUT2D eigenvalue weighted by atomic mass is 9.99. The summed E-state index contributed by atoms with van der Waals surface area (Å²) in [6.07, 6.45) is 2.89. The zero-order valence-corrected chi connectivity index (χ0v) is 13.3. The van der Waals surface area contributed by atoms with E-state index in [1.807, 2.05) is 0 Å². The van der Waals surface area contributed by atoms with Gasteiger partial charge in [-0.3, -0.25) is 4.79 Å². The van der Waals surface area contributed by atoms with Gasteiger partial charge in [-0.05, 0) is 61.4 Å². The molecule has 2 rings (SSSR count). The number of nitrogens with zero attached hydrogens (tertiary/aromatic N) is 1. The van der Waals surface area contributed by atoms with E-state index in [1.165, 1.54) is 24.3 Å². The second-order valence-electron chi connectivity index (χ2n) is 4.42. The number of carbonyl (C=O) groups excluding carboxylic acids is 1. The first-order valence-electron chi connectivity index (χ1n) is 5.81. The van der Waals surface area contributed by atoms with Crippen LogP contribution in [0.4, 0.5) is 0 Å². The third-order valence-electron chi connectivity index (χ3n) is 2.82. The zero-order chi connectivity index (χ0) is 14.9. The molecule has 1 aromatic rings. The molecule has 0 amide bonds. The molecule has 0 saturated heterocycles. The third-order valence-corrected chi connectivity index (χ3v) is 4.66. The van der Waals surface area contributed by atoms with Crippen LogP contribution in [-0.4, -0.2) is 19.9 Å². The van der Waals surface area contributed by atoms with Crippen LogP contribution >= 0.6 is 15.9 Å². The van der Waals surface area contributed by atoms with E-state index < -0.39 is 10.0 Å². The number of allylic oxidation sites excluding steroid dienone is 4. The average molecular weight is 354 g/mol. The van der Waals surface area contributed by atoms with Gasteiger partial charge in [0.05, 0.1) is 10.6 Å². The highest BCUT2D eigenvalue weighted by atomic mass is 79.9. The summed E-state index contributed by atoms with van der Waals surface area (Å²) < 4.78 is 29.0. The van der Waals surface area contributed by atoms with Crippen LogP contribution in [-0.2, 0) is 14.8 Å². The Morgan fingerprint density at radius 2 is 1.60 bits per heavy atom. The lowest BCUT2D eigenvalue weighted by molar-refractivity contribution is -0.111. The maximum absolute atomic E-state index is 12.2. The van der Waals surface area contributed by atoms with Crippen LogP contribution in [0.15, 0.2) is 61.3 Å². The molecule has 1 aliphatic rings. The highest BCUT2D eigenvalue weighted by Crippen LogP contribution is 2.19. The monoisotopic (exact) mass is 353 g/mol. The van der Waals surface area contributed by atoms with Crippen molar-refractivity contribution in [2.24, 2.45) is 4.40 Å². The van der Waals surface area contributed by atoms with E-state index >= 15 is 0 Å². The van der Waals surface area contributed by atoms with Crippen LogP contribution in [0.2, 0.25) is 0 Å². The van der Waals surface area contributed by atoms with Crippen molar-refractivity contribution >= 4 is 37.4 Å². The summed E-state index contributed by atoms with van der Waals surface area (Å²) in [5, 5.41) is 0. The van der Waals surface area contributed by atoms with Crippen LogP contribution in [0.25, 0.3) is 0 Å². The number of hydrogen-bond acceptors (Lipinski definition) is 3. The van der Waals surface area contributed by atoms with Gasteiger partial charge in [0.25, 0.3) is 10.0 Å². The molecule has 6 heteroatoms. The molecule has 104 valence electrons. The van der Waals surface area contributed by atoms with Crippen molar-refractivity contribution in [1.82, 2.24) is 0 Å². The van der Waals surface area contributed by atoms with Gasteiger partial charge in [0.2, 0.25) is 0 Å². The normalized spacial score (nSPS) is 17.9. The van der Waals surface area contributed by atoms with Gasteiger partial charge >= 0.3 is 0 Å². The molecule has 0 heterocycles. The molecule has 4 nitrogen and oxygen atoms in total. The van der Waals surface area contributed by atoms with Crippen molar-refractivity contribution < 1.29 is 13.2 Å². The topological polar surface area (TPSA) is 63.6 Å². The second kappa shape index (κ2) is 5.46. The molecule has 0 atom stereocenters. The summed E-state index contributed by atoms with van der Waals surface area (Å²) in [5.74, 6) is -0.123. The van der Waals surface area contributed by atoms with Gasteiger partial charge in [-0.15, -0.1) is 0 Å². The molecule has 0 aliphatic heterocycles. The number of hydrogen-bond donors (Lipinski definition) is 0. The highest BCUT2D eigenvalue weighted by molar-refractivity contribution is 9.10. The highest BCUT2D eigenvalue weighted by Gasteiger charge is 2.18. The molecular formula is C14H12BrNO3S. The van der Waals surface area contributed by atoms with E-state index in [2.05, 4.69) is 20.3 Å². The van der Waals surface area contributed by atoms with Crippen LogP contribution in [0.1, 0.15) is 13.8 Å². The van der Waals surface area contributed by atoms with Crippen molar-refractivity contribution in [3.63, 3.8) is 0 Å². The van der Waals surface area contributed by atoms with Crippen molar-refractivity contribution in [1.29, 1.82) is 0 Å². The molecule has 0 bridgehead atoms. The fourth-order valence-corrected chi connectivity index (χ4v) is 2.97. The van der Waals surface area contributed by atoms with Gasteiger partial charge in [-0.25, -0.2) is 0 Å². The van der Waals surface area contributed by atoms with Gasteiger partial charge < -0.3 is 0 Å². The molecule has 1 aliphatic carbocycles. The minimum Gasteiger partial charge on any atom is -0.290 e. The Bertz CT molecular complexity index is 756. The van der Waals surface area contributed by atoms with Gasteiger partial charge in [0.15, 0.2) is 5.78 Å². The largest absolute Gasteiger partial charge is 0.290 e. The van der Waals surface area contributed by atoms with E-state index in [0.29, 0.717) is 16.9 Å². The van der Waals surface area contributed by atoms with E-state index in [-0.39, 0.29) is 10.7 Å². The summed E-state index contributed by atoms with van der Waals surface area (Å²) >= 11 is 3.25. The van der Waals surface area contributed by atoms with Crippen LogP contribution in [0.3, 0.4) is 0 Å². The van der Waals surface area contributed by atoms with Crippen molar-refractivity contribution in [2.75, 3.05) is 0 Å². The van der Waals surface area contributed by atoms with Gasteiger partial charge in [-0.2, -0.15) is 12.8 Å². The first-order valence-corrected chi connectivity index (χ1v) is 8.05. The van der Waals surface area contributed by atoms with E-state index in [4.69, 9.17) is 0 Å². The minimum absolute atomic E-state index is 0.115. The van der Waals surface area contributed by atoms with Gasteiger partial charge in [0, 0.05) is 4.47 Å². The Kier molecular flexibility index (Phi) is 4.06. The first kappa shape index (κ1) is 14.9. The predicted octanol–water partition coefficient (Wildman–Crippen LogP) is 3.05. The SMILES string of the molecule is CC1=C/C(=N\S(=O)(=O)c2ccc(Br)cc2)C(C)=CC1=O. The zero-order valence-electron chi connectivity index (χ0n) is 10.9. The maximum Gasteiger partial charge on any atom is 0.282 e. The standard InChI is InChI=1S/C14H12BrNO3S/c1-9-8-14(17)10(2)7-13(9)16-20(18,19)12-5-3-11(15)4-6-12/h3-8H,1-2H3/b16-13+. The number of sulfonamides is 1. The fraction of sp³-hybridized carbons (Fsp3) is 0.143. The molecule has 0 N–H and O–H groups in total. The summed E-state index contributed by atoms with van der Waals surface area (Å²) in [7, 11) is -3.78. The van der Waals surface area contributed by atoms with E-state index in [0.717, 1.165) is 4.47 Å². The summed E-state index contributed by atoms with van der Waals surface area (Å²) in [4.78, 5) is 11.6. The number of halogens is 1. The Morgan fingerprint density at radius 3 is 2.20 bits per heavy atom. The van der Waals surface area contributed by atoms with Crippen LogP contribution in [0, 0.1) is 0 Å². The Balaban J connectivity index is 2.46. The van der Waals surface area contributed by atoms with Gasteiger partial charge in [0.1, 0.15) is 0 Å². The fourth-order valence-electron chi connectivity index (χ4n) is 1.66. The summed E-state index contributed by atoms with van der Waals surface area (Å²) in [6.45, 7) is 3.30. The maximum atomic E-state index is 12.2. The Labute approximate surface area is 126 Å². The quantitative estimate of drug-likeness (QED) is 0.767. The molecule has 0 unspecified atom stereocenters.